The molecular formula is C18H18O2. The molecule has 0 aliphatic heterocycles. The number of hydrogen-bond donors (Lipinski definition) is 0. The summed E-state index contributed by atoms with van der Waals surface area (Å²) in [6, 6.07) is 16.3. The van der Waals surface area contributed by atoms with Crippen molar-refractivity contribution in [1.29, 1.82) is 0 Å². The van der Waals surface area contributed by atoms with Gasteiger partial charge >= 0.3 is 0 Å². The Morgan fingerprint density at radius 2 is 1.95 bits per heavy atom. The van der Waals surface area contributed by atoms with Crippen LogP contribution in [0.4, 0.5) is 0 Å². The number of carbonyl (C=O) groups excluding carboxylic acids is 1. The van der Waals surface area contributed by atoms with Gasteiger partial charge in [0.1, 0.15) is 5.75 Å². The maximum Gasteiger partial charge on any atom is 0.163 e. The first-order valence-corrected chi connectivity index (χ1v) is 7.14. The Morgan fingerprint density at radius 1 is 1.15 bits per heavy atom. The number of benzene rings is 2. The molecule has 2 aromatic rings. The van der Waals surface area contributed by atoms with E-state index in [0.717, 1.165) is 23.3 Å². The zero-order valence-corrected chi connectivity index (χ0v) is 11.6. The standard InChI is InChI=1S/C18H18O2/c1-2-20-14-8-9-16-15(13-6-4-3-5-7-13)10-11-18(19)17(16)12-14/h3-9,12,15H,2,10-11H2,1H3. The molecule has 1 atom stereocenters. The van der Waals surface area contributed by atoms with Crippen LogP contribution in [0.25, 0.3) is 0 Å². The Labute approximate surface area is 119 Å². The molecule has 1 unspecified atom stereocenters. The molecule has 20 heavy (non-hydrogen) atoms. The highest BCUT2D eigenvalue weighted by Gasteiger charge is 2.26. The van der Waals surface area contributed by atoms with Gasteiger partial charge in [-0.15, -0.1) is 0 Å². The molecule has 2 heteroatoms. The lowest BCUT2D eigenvalue weighted by Crippen LogP contribution is -2.16. The van der Waals surface area contributed by atoms with Crippen LogP contribution in [0.2, 0.25) is 0 Å². The van der Waals surface area contributed by atoms with Crippen molar-refractivity contribution in [2.45, 2.75) is 25.7 Å². The third-order valence-electron chi connectivity index (χ3n) is 3.87. The first-order chi connectivity index (χ1) is 9.79. The van der Waals surface area contributed by atoms with Crippen molar-refractivity contribution in [1.82, 2.24) is 0 Å². The molecule has 0 amide bonds. The Morgan fingerprint density at radius 3 is 2.70 bits per heavy atom. The fraction of sp³-hybridized carbons (Fsp3) is 0.278. The molecule has 1 aliphatic rings. The van der Waals surface area contributed by atoms with Crippen molar-refractivity contribution < 1.29 is 9.53 Å². The number of hydrogen-bond acceptors (Lipinski definition) is 2. The zero-order valence-electron chi connectivity index (χ0n) is 11.6. The van der Waals surface area contributed by atoms with Crippen LogP contribution in [-0.2, 0) is 0 Å². The lowest BCUT2D eigenvalue weighted by Gasteiger charge is -2.25. The van der Waals surface area contributed by atoms with Gasteiger partial charge in [-0.2, -0.15) is 0 Å². The van der Waals surface area contributed by atoms with E-state index in [4.69, 9.17) is 4.74 Å². The van der Waals surface area contributed by atoms with Crippen molar-refractivity contribution >= 4 is 5.78 Å². The van der Waals surface area contributed by atoms with Crippen LogP contribution in [0.5, 0.6) is 5.75 Å². The summed E-state index contributed by atoms with van der Waals surface area (Å²) in [6.45, 7) is 2.57. The van der Waals surface area contributed by atoms with Gasteiger partial charge in [0.15, 0.2) is 5.78 Å². The molecule has 0 spiro atoms. The molecule has 0 bridgehead atoms. The summed E-state index contributed by atoms with van der Waals surface area (Å²) in [5.74, 6) is 1.33. The highest BCUT2D eigenvalue weighted by atomic mass is 16.5. The van der Waals surface area contributed by atoms with Crippen molar-refractivity contribution in [3.63, 3.8) is 0 Å². The van der Waals surface area contributed by atoms with Gasteiger partial charge in [-0.3, -0.25) is 4.79 Å². The number of ether oxygens (including phenoxy) is 1. The molecule has 0 aromatic heterocycles. The molecule has 0 N–H and O–H groups in total. The van der Waals surface area contributed by atoms with Gasteiger partial charge in [0.2, 0.25) is 0 Å². The van der Waals surface area contributed by atoms with E-state index in [1.165, 1.54) is 5.56 Å². The number of fused-ring (bicyclic) bond motifs is 1. The average Bonchev–Trinajstić information content (AvgIpc) is 2.49. The summed E-state index contributed by atoms with van der Waals surface area (Å²) < 4.78 is 5.51. The minimum absolute atomic E-state index is 0.230. The molecule has 2 aromatic carbocycles. The molecule has 0 heterocycles. The number of carbonyl (C=O) groups is 1. The van der Waals surface area contributed by atoms with E-state index in [0.29, 0.717) is 18.9 Å². The molecule has 0 saturated carbocycles. The van der Waals surface area contributed by atoms with Gasteiger partial charge in [-0.25, -0.2) is 0 Å². The molecular weight excluding hydrogens is 248 g/mol. The minimum Gasteiger partial charge on any atom is -0.494 e. The molecule has 1 aliphatic carbocycles. The van der Waals surface area contributed by atoms with Crippen molar-refractivity contribution in [3.05, 3.63) is 65.2 Å². The van der Waals surface area contributed by atoms with Crippen molar-refractivity contribution in [3.8, 4) is 5.75 Å². The van der Waals surface area contributed by atoms with Crippen LogP contribution < -0.4 is 4.74 Å². The third-order valence-corrected chi connectivity index (χ3v) is 3.87. The van der Waals surface area contributed by atoms with Crippen molar-refractivity contribution in [2.24, 2.45) is 0 Å². The lowest BCUT2D eigenvalue weighted by molar-refractivity contribution is 0.0969. The number of ketones is 1. The summed E-state index contributed by atoms with van der Waals surface area (Å²) in [4.78, 5) is 12.2. The van der Waals surface area contributed by atoms with Gasteiger partial charge in [-0.05, 0) is 36.6 Å². The maximum atomic E-state index is 12.2. The first kappa shape index (κ1) is 12.9. The second-order valence-corrected chi connectivity index (χ2v) is 5.11. The third kappa shape index (κ3) is 2.34. The highest BCUT2D eigenvalue weighted by Crippen LogP contribution is 2.37. The fourth-order valence-electron chi connectivity index (χ4n) is 2.93. The van der Waals surface area contributed by atoms with Gasteiger partial charge in [0, 0.05) is 17.9 Å². The van der Waals surface area contributed by atoms with E-state index in [9.17, 15) is 4.79 Å². The molecule has 3 rings (SSSR count). The monoisotopic (exact) mass is 266 g/mol. The predicted molar refractivity (Wildman–Crippen MR) is 79.5 cm³/mol. The molecule has 0 saturated heterocycles. The van der Waals surface area contributed by atoms with Gasteiger partial charge in [0.05, 0.1) is 6.61 Å². The lowest BCUT2D eigenvalue weighted by atomic mass is 9.78. The highest BCUT2D eigenvalue weighted by molar-refractivity contribution is 5.99. The van der Waals surface area contributed by atoms with E-state index in [-0.39, 0.29) is 5.78 Å². The van der Waals surface area contributed by atoms with Crippen molar-refractivity contribution in [2.75, 3.05) is 6.61 Å². The molecule has 0 radical (unpaired) electrons. The Bertz CT molecular complexity index is 617. The van der Waals surface area contributed by atoms with Crippen LogP contribution in [0.1, 0.15) is 47.2 Å². The van der Waals surface area contributed by atoms with Gasteiger partial charge < -0.3 is 4.74 Å². The topological polar surface area (TPSA) is 26.3 Å². The summed E-state index contributed by atoms with van der Waals surface area (Å²) in [6.07, 6.45) is 1.51. The number of rotatable bonds is 3. The molecule has 102 valence electrons. The average molecular weight is 266 g/mol. The zero-order chi connectivity index (χ0) is 13.9. The first-order valence-electron chi connectivity index (χ1n) is 7.14. The second kappa shape index (κ2) is 5.49. The predicted octanol–water partition coefficient (Wildman–Crippen LogP) is 4.19. The fourth-order valence-corrected chi connectivity index (χ4v) is 2.93. The van der Waals surface area contributed by atoms with Crippen LogP contribution in [0, 0.1) is 0 Å². The summed E-state index contributed by atoms with van der Waals surface area (Å²) in [7, 11) is 0. The van der Waals surface area contributed by atoms with Gasteiger partial charge in [-0.1, -0.05) is 36.4 Å². The Kier molecular flexibility index (Phi) is 3.55. The smallest absolute Gasteiger partial charge is 0.163 e. The Hall–Kier alpha value is -2.09. The van der Waals surface area contributed by atoms with Crippen LogP contribution in [0.15, 0.2) is 48.5 Å². The van der Waals surface area contributed by atoms with E-state index >= 15 is 0 Å². The van der Waals surface area contributed by atoms with E-state index in [1.807, 2.05) is 25.1 Å². The SMILES string of the molecule is CCOc1ccc2c(c1)C(=O)CCC2c1ccccc1. The van der Waals surface area contributed by atoms with Crippen LogP contribution in [-0.4, -0.2) is 12.4 Å². The van der Waals surface area contributed by atoms with E-state index in [1.54, 1.807) is 0 Å². The summed E-state index contributed by atoms with van der Waals surface area (Å²) in [5, 5.41) is 0. The molecule has 0 fully saturated rings. The maximum absolute atomic E-state index is 12.2. The normalized spacial score (nSPS) is 17.6. The van der Waals surface area contributed by atoms with Gasteiger partial charge in [0.25, 0.3) is 0 Å². The molecule has 2 nitrogen and oxygen atoms in total. The minimum atomic E-state index is 0.230. The quantitative estimate of drug-likeness (QED) is 0.832. The Balaban J connectivity index is 2.03. The number of Topliss-reactive ketones (excluding diaryl/α,β-unsaturated/α-hetero) is 1. The van der Waals surface area contributed by atoms with Crippen LogP contribution in [0.3, 0.4) is 0 Å². The summed E-state index contributed by atoms with van der Waals surface area (Å²) >= 11 is 0. The second-order valence-electron chi connectivity index (χ2n) is 5.11. The van der Waals surface area contributed by atoms with E-state index in [2.05, 4.69) is 30.3 Å². The summed E-state index contributed by atoms with van der Waals surface area (Å²) in [5.41, 5.74) is 3.25. The van der Waals surface area contributed by atoms with Crippen LogP contribution >= 0.6 is 0 Å². The van der Waals surface area contributed by atoms with E-state index < -0.39 is 0 Å². The largest absolute Gasteiger partial charge is 0.494 e.